The van der Waals surface area contributed by atoms with E-state index >= 15 is 0 Å². The first-order valence-electron chi connectivity index (χ1n) is 9.12. The number of aryl methyl sites for hydroxylation is 1. The molecule has 2 atom stereocenters. The minimum absolute atomic E-state index is 0.0614. The SMILES string of the molecule is Cc1cc2ncc3c(n2n1)C[C@H]1CC[C@@H]3N1C(=O)CNS(=O)(=O)c1cccs1. The molecule has 2 bridgehead atoms. The number of carbonyl (C=O) groups excluding carboxylic acids is 1. The molecule has 1 fully saturated rings. The lowest BCUT2D eigenvalue weighted by Crippen LogP contribution is -2.47. The van der Waals surface area contributed by atoms with Crippen molar-refractivity contribution in [2.45, 2.75) is 42.5 Å². The van der Waals surface area contributed by atoms with Crippen LogP contribution in [0.4, 0.5) is 0 Å². The number of thiophene rings is 1. The van der Waals surface area contributed by atoms with Crippen LogP contribution in [0.15, 0.2) is 34.0 Å². The molecule has 0 aliphatic carbocycles. The van der Waals surface area contributed by atoms with Crippen LogP contribution in [0.3, 0.4) is 0 Å². The monoisotopic (exact) mass is 417 g/mol. The lowest BCUT2D eigenvalue weighted by Gasteiger charge is -2.36. The third-order valence-electron chi connectivity index (χ3n) is 5.49. The Morgan fingerprint density at radius 2 is 2.25 bits per heavy atom. The van der Waals surface area contributed by atoms with E-state index in [0.717, 1.165) is 46.8 Å². The molecule has 1 saturated heterocycles. The molecule has 1 N–H and O–H groups in total. The summed E-state index contributed by atoms with van der Waals surface area (Å²) in [5, 5.41) is 6.25. The molecular weight excluding hydrogens is 398 g/mol. The van der Waals surface area contributed by atoms with Crippen molar-refractivity contribution in [3.63, 3.8) is 0 Å². The first-order chi connectivity index (χ1) is 13.4. The zero-order valence-corrected chi connectivity index (χ0v) is 16.8. The summed E-state index contributed by atoms with van der Waals surface area (Å²) < 4.78 is 29.2. The Bertz CT molecular complexity index is 1170. The number of amides is 1. The van der Waals surface area contributed by atoms with Gasteiger partial charge in [-0.05, 0) is 31.2 Å². The summed E-state index contributed by atoms with van der Waals surface area (Å²) in [5.41, 5.74) is 3.85. The Hall–Kier alpha value is -2.30. The number of sulfonamides is 1. The smallest absolute Gasteiger partial charge is 0.250 e. The van der Waals surface area contributed by atoms with Crippen LogP contribution in [0.2, 0.25) is 0 Å². The largest absolute Gasteiger partial charge is 0.331 e. The van der Waals surface area contributed by atoms with E-state index in [1.165, 1.54) is 6.07 Å². The van der Waals surface area contributed by atoms with Gasteiger partial charge < -0.3 is 4.90 Å². The van der Waals surface area contributed by atoms with Crippen LogP contribution in [0, 0.1) is 6.92 Å². The predicted molar refractivity (Wildman–Crippen MR) is 104 cm³/mol. The fourth-order valence-electron chi connectivity index (χ4n) is 4.32. The predicted octanol–water partition coefficient (Wildman–Crippen LogP) is 1.67. The molecule has 2 aliphatic heterocycles. The van der Waals surface area contributed by atoms with E-state index in [1.807, 2.05) is 28.6 Å². The molecule has 5 heterocycles. The fraction of sp³-hybridized carbons (Fsp3) is 0.389. The Balaban J connectivity index is 1.40. The number of nitrogens with zero attached hydrogens (tertiary/aromatic N) is 4. The van der Waals surface area contributed by atoms with Crippen molar-refractivity contribution in [1.82, 2.24) is 24.2 Å². The van der Waals surface area contributed by atoms with Crippen molar-refractivity contribution in [1.29, 1.82) is 0 Å². The van der Waals surface area contributed by atoms with E-state index < -0.39 is 10.0 Å². The summed E-state index contributed by atoms with van der Waals surface area (Å²) in [6.07, 6.45) is 4.29. The second kappa shape index (κ2) is 6.36. The van der Waals surface area contributed by atoms with E-state index in [4.69, 9.17) is 0 Å². The highest BCUT2D eigenvalue weighted by Gasteiger charge is 2.43. The summed E-state index contributed by atoms with van der Waals surface area (Å²) in [5.74, 6) is -0.199. The highest BCUT2D eigenvalue weighted by Crippen LogP contribution is 2.43. The molecular formula is C18H19N5O3S2. The lowest BCUT2D eigenvalue weighted by molar-refractivity contribution is -0.133. The molecule has 2 aliphatic rings. The van der Waals surface area contributed by atoms with Gasteiger partial charge >= 0.3 is 0 Å². The van der Waals surface area contributed by atoms with Crippen LogP contribution in [0.25, 0.3) is 5.65 Å². The van der Waals surface area contributed by atoms with Gasteiger partial charge in [0.2, 0.25) is 5.91 Å². The van der Waals surface area contributed by atoms with Crippen LogP contribution in [0.5, 0.6) is 0 Å². The Kier molecular flexibility index (Phi) is 4.04. The van der Waals surface area contributed by atoms with E-state index in [1.54, 1.807) is 11.4 Å². The first-order valence-corrected chi connectivity index (χ1v) is 11.5. The third kappa shape index (κ3) is 2.75. The second-order valence-electron chi connectivity index (χ2n) is 7.22. The van der Waals surface area contributed by atoms with Crippen molar-refractivity contribution in [2.24, 2.45) is 0 Å². The average molecular weight is 418 g/mol. The summed E-state index contributed by atoms with van der Waals surface area (Å²) in [4.78, 5) is 19.2. The van der Waals surface area contributed by atoms with Gasteiger partial charge in [0.25, 0.3) is 10.0 Å². The molecule has 0 spiro atoms. The number of hydrogen-bond acceptors (Lipinski definition) is 6. The van der Waals surface area contributed by atoms with Crippen LogP contribution >= 0.6 is 11.3 Å². The molecule has 28 heavy (non-hydrogen) atoms. The van der Waals surface area contributed by atoms with Gasteiger partial charge in [0.1, 0.15) is 4.21 Å². The number of fused-ring (bicyclic) bond motifs is 6. The number of rotatable bonds is 4. The topological polar surface area (TPSA) is 96.7 Å². The normalized spacial score (nSPS) is 21.2. The minimum atomic E-state index is -3.66. The molecule has 0 unspecified atom stereocenters. The molecule has 1 amide bonds. The van der Waals surface area contributed by atoms with Gasteiger partial charge in [-0.15, -0.1) is 11.3 Å². The Labute approximate surface area is 166 Å². The zero-order chi connectivity index (χ0) is 19.5. The summed E-state index contributed by atoms with van der Waals surface area (Å²) in [7, 11) is -3.66. The summed E-state index contributed by atoms with van der Waals surface area (Å²) in [6, 6.07) is 5.13. The van der Waals surface area contributed by atoms with Crippen molar-refractivity contribution >= 4 is 32.9 Å². The van der Waals surface area contributed by atoms with Crippen molar-refractivity contribution in [3.05, 3.63) is 46.7 Å². The lowest BCUT2D eigenvalue weighted by atomic mass is 9.99. The number of aromatic nitrogens is 3. The zero-order valence-electron chi connectivity index (χ0n) is 15.2. The number of nitrogens with one attached hydrogen (secondary N) is 1. The minimum Gasteiger partial charge on any atom is -0.331 e. The number of carbonyl (C=O) groups is 1. The molecule has 0 aromatic carbocycles. The van der Waals surface area contributed by atoms with Crippen molar-refractivity contribution in [3.8, 4) is 0 Å². The molecule has 0 radical (unpaired) electrons. The molecule has 3 aromatic rings. The Morgan fingerprint density at radius 1 is 1.39 bits per heavy atom. The van der Waals surface area contributed by atoms with Crippen LogP contribution in [0.1, 0.15) is 35.8 Å². The second-order valence-corrected chi connectivity index (χ2v) is 10.2. The van der Waals surface area contributed by atoms with E-state index in [-0.39, 0.29) is 28.7 Å². The highest BCUT2D eigenvalue weighted by molar-refractivity contribution is 7.91. The molecule has 0 saturated carbocycles. The van der Waals surface area contributed by atoms with Gasteiger partial charge in [-0.2, -0.15) is 5.10 Å². The van der Waals surface area contributed by atoms with Gasteiger partial charge in [0.15, 0.2) is 5.65 Å². The van der Waals surface area contributed by atoms with Gasteiger partial charge in [-0.3, -0.25) is 4.79 Å². The van der Waals surface area contributed by atoms with Crippen LogP contribution in [-0.2, 0) is 21.2 Å². The van der Waals surface area contributed by atoms with E-state index in [9.17, 15) is 13.2 Å². The molecule has 3 aromatic heterocycles. The number of hydrogen-bond donors (Lipinski definition) is 1. The Morgan fingerprint density at radius 3 is 3.04 bits per heavy atom. The molecule has 5 rings (SSSR count). The quantitative estimate of drug-likeness (QED) is 0.697. The van der Waals surface area contributed by atoms with Gasteiger partial charge in [-0.1, -0.05) is 6.07 Å². The van der Waals surface area contributed by atoms with Gasteiger partial charge in [0.05, 0.1) is 24.0 Å². The maximum Gasteiger partial charge on any atom is 0.250 e. The maximum absolute atomic E-state index is 12.9. The molecule has 10 heteroatoms. The fourth-order valence-corrected chi connectivity index (χ4v) is 6.33. The van der Waals surface area contributed by atoms with Crippen molar-refractivity contribution in [2.75, 3.05) is 6.54 Å². The molecule has 146 valence electrons. The molecule has 8 nitrogen and oxygen atoms in total. The van der Waals surface area contributed by atoms with E-state index in [0.29, 0.717) is 6.42 Å². The van der Waals surface area contributed by atoms with Crippen LogP contribution < -0.4 is 4.72 Å². The summed E-state index contributed by atoms with van der Waals surface area (Å²) in [6.45, 7) is 1.70. The first kappa shape index (κ1) is 17.8. The van der Waals surface area contributed by atoms with Crippen LogP contribution in [-0.4, -0.2) is 46.4 Å². The standard InChI is InChI=1S/C18H19N5O3S2/c1-11-7-16-19-9-13-14-5-4-12(8-15(13)23(16)21-11)22(14)17(24)10-20-28(25,26)18-3-2-6-27-18/h2-3,6-7,9,12,14,20H,4-5,8,10H2,1H3/t12-,14+/m1/s1. The summed E-state index contributed by atoms with van der Waals surface area (Å²) >= 11 is 1.13. The maximum atomic E-state index is 12.9. The average Bonchev–Trinajstić information content (AvgIpc) is 3.38. The van der Waals surface area contributed by atoms with Gasteiger partial charge in [-0.25, -0.2) is 22.6 Å². The third-order valence-corrected chi connectivity index (χ3v) is 8.29. The van der Waals surface area contributed by atoms with Gasteiger partial charge in [0, 0.05) is 30.3 Å². The van der Waals surface area contributed by atoms with Crippen molar-refractivity contribution < 1.29 is 13.2 Å². The van der Waals surface area contributed by atoms with E-state index in [2.05, 4.69) is 14.8 Å². The highest BCUT2D eigenvalue weighted by atomic mass is 32.2.